The van der Waals surface area contributed by atoms with Gasteiger partial charge in [-0.3, -0.25) is 0 Å². The van der Waals surface area contributed by atoms with Crippen LogP contribution in [0.3, 0.4) is 0 Å². The highest BCUT2D eigenvalue weighted by molar-refractivity contribution is 4.94. The monoisotopic (exact) mass is 239 g/mol. The van der Waals surface area contributed by atoms with Crippen molar-refractivity contribution in [2.75, 3.05) is 0 Å². The molecule has 102 valence electrons. The van der Waals surface area contributed by atoms with Gasteiger partial charge in [-0.25, -0.2) is 0 Å². The molecule has 1 fully saturated rings. The summed E-state index contributed by atoms with van der Waals surface area (Å²) >= 11 is 0. The van der Waals surface area contributed by atoms with Crippen LogP contribution in [0.25, 0.3) is 0 Å². The van der Waals surface area contributed by atoms with E-state index in [2.05, 4.69) is 39.9 Å². The summed E-state index contributed by atoms with van der Waals surface area (Å²) in [5.74, 6) is 0. The van der Waals surface area contributed by atoms with Gasteiger partial charge in [-0.05, 0) is 38.5 Å². The number of hydrogen-bond acceptors (Lipinski definition) is 1. The van der Waals surface area contributed by atoms with E-state index in [1.807, 2.05) is 0 Å². The second-order valence-corrected chi connectivity index (χ2v) is 7.27. The second-order valence-electron chi connectivity index (χ2n) is 7.27. The Bertz CT molecular complexity index is 218. The van der Waals surface area contributed by atoms with Crippen molar-refractivity contribution in [1.29, 1.82) is 0 Å². The lowest BCUT2D eigenvalue weighted by molar-refractivity contribution is 0.127. The Morgan fingerprint density at radius 1 is 1.18 bits per heavy atom. The van der Waals surface area contributed by atoms with E-state index in [1.165, 1.54) is 51.4 Å². The van der Waals surface area contributed by atoms with Crippen molar-refractivity contribution in [2.45, 2.75) is 97.6 Å². The van der Waals surface area contributed by atoms with Crippen molar-refractivity contribution in [2.24, 2.45) is 5.41 Å². The third-order valence-corrected chi connectivity index (χ3v) is 4.48. The summed E-state index contributed by atoms with van der Waals surface area (Å²) in [6.07, 6.45) is 11.0. The van der Waals surface area contributed by atoms with E-state index >= 15 is 0 Å². The Kier molecular flexibility index (Phi) is 5.50. The molecule has 0 spiro atoms. The lowest BCUT2D eigenvalue weighted by atomic mass is 9.73. The summed E-state index contributed by atoms with van der Waals surface area (Å²) in [5.41, 5.74) is 0.815. The largest absolute Gasteiger partial charge is 0.309 e. The fourth-order valence-corrected chi connectivity index (χ4v) is 3.13. The Morgan fingerprint density at radius 2 is 1.88 bits per heavy atom. The number of piperidine rings is 1. The third-order valence-electron chi connectivity index (χ3n) is 4.48. The van der Waals surface area contributed by atoms with Gasteiger partial charge < -0.3 is 5.32 Å². The van der Waals surface area contributed by atoms with Crippen molar-refractivity contribution >= 4 is 0 Å². The lowest BCUT2D eigenvalue weighted by Crippen LogP contribution is -2.55. The molecule has 0 bridgehead atoms. The number of hydrogen-bond donors (Lipinski definition) is 1. The van der Waals surface area contributed by atoms with Crippen LogP contribution in [-0.4, -0.2) is 11.6 Å². The van der Waals surface area contributed by atoms with Gasteiger partial charge >= 0.3 is 0 Å². The molecule has 1 unspecified atom stereocenters. The predicted molar refractivity (Wildman–Crippen MR) is 77.4 cm³/mol. The van der Waals surface area contributed by atoms with E-state index < -0.39 is 0 Å². The quantitative estimate of drug-likeness (QED) is 0.650. The minimum absolute atomic E-state index is 0.351. The van der Waals surface area contributed by atoms with Gasteiger partial charge in [0.25, 0.3) is 0 Å². The molecule has 0 radical (unpaired) electrons. The van der Waals surface area contributed by atoms with Gasteiger partial charge in [-0.1, -0.05) is 52.9 Å². The first-order valence-electron chi connectivity index (χ1n) is 7.65. The Balaban J connectivity index is 2.40. The van der Waals surface area contributed by atoms with Gasteiger partial charge in [0.1, 0.15) is 0 Å². The molecule has 1 heteroatoms. The van der Waals surface area contributed by atoms with Crippen LogP contribution in [0.5, 0.6) is 0 Å². The first kappa shape index (κ1) is 15.0. The Labute approximate surface area is 109 Å². The van der Waals surface area contributed by atoms with E-state index in [0.717, 1.165) is 0 Å². The summed E-state index contributed by atoms with van der Waals surface area (Å²) in [4.78, 5) is 0. The van der Waals surface area contributed by atoms with Gasteiger partial charge in [-0.15, -0.1) is 0 Å². The molecule has 0 aromatic carbocycles. The zero-order valence-corrected chi connectivity index (χ0v) is 12.7. The Morgan fingerprint density at radius 3 is 2.47 bits per heavy atom. The minimum atomic E-state index is 0.351. The molecular formula is C16H33N. The topological polar surface area (TPSA) is 12.0 Å². The molecule has 1 aliphatic heterocycles. The van der Waals surface area contributed by atoms with E-state index in [0.29, 0.717) is 17.0 Å². The molecule has 1 nitrogen and oxygen atoms in total. The fraction of sp³-hybridized carbons (Fsp3) is 1.00. The van der Waals surface area contributed by atoms with Crippen LogP contribution >= 0.6 is 0 Å². The molecule has 17 heavy (non-hydrogen) atoms. The summed E-state index contributed by atoms with van der Waals surface area (Å²) in [6, 6.07) is 0.716. The average Bonchev–Trinajstić information content (AvgIpc) is 2.23. The molecule has 0 saturated carbocycles. The molecule has 1 rings (SSSR count). The fourth-order valence-electron chi connectivity index (χ4n) is 3.13. The molecule has 1 heterocycles. The molecule has 0 aliphatic carbocycles. The normalized spacial score (nSPS) is 24.9. The van der Waals surface area contributed by atoms with Crippen LogP contribution in [0, 0.1) is 5.41 Å². The molecule has 1 atom stereocenters. The third kappa shape index (κ3) is 4.99. The van der Waals surface area contributed by atoms with Crippen molar-refractivity contribution in [1.82, 2.24) is 5.32 Å². The van der Waals surface area contributed by atoms with Gasteiger partial charge in [0.05, 0.1) is 0 Å². The maximum atomic E-state index is 3.87. The SMILES string of the molecule is CCCCCCC(C)(C)C1CCCC(C)(C)N1. The first-order chi connectivity index (χ1) is 7.87. The molecule has 1 saturated heterocycles. The van der Waals surface area contributed by atoms with Gasteiger partial charge in [-0.2, -0.15) is 0 Å². The zero-order valence-electron chi connectivity index (χ0n) is 12.7. The van der Waals surface area contributed by atoms with E-state index in [9.17, 15) is 0 Å². The Hall–Kier alpha value is -0.0400. The molecule has 1 N–H and O–H groups in total. The van der Waals surface area contributed by atoms with E-state index in [1.54, 1.807) is 0 Å². The van der Waals surface area contributed by atoms with Crippen molar-refractivity contribution in [3.63, 3.8) is 0 Å². The molecule has 0 amide bonds. The molecule has 1 aliphatic rings. The van der Waals surface area contributed by atoms with Crippen LogP contribution in [0.4, 0.5) is 0 Å². The van der Waals surface area contributed by atoms with Crippen LogP contribution in [0.2, 0.25) is 0 Å². The zero-order chi connectivity index (χ0) is 12.9. The molecular weight excluding hydrogens is 206 g/mol. The molecule has 0 aromatic rings. The summed E-state index contributed by atoms with van der Waals surface area (Å²) in [7, 11) is 0. The van der Waals surface area contributed by atoms with Crippen LogP contribution < -0.4 is 5.32 Å². The van der Waals surface area contributed by atoms with Gasteiger partial charge in [0.2, 0.25) is 0 Å². The number of unbranched alkanes of at least 4 members (excludes halogenated alkanes) is 3. The molecule has 0 aromatic heterocycles. The van der Waals surface area contributed by atoms with Crippen molar-refractivity contribution in [3.05, 3.63) is 0 Å². The smallest absolute Gasteiger partial charge is 0.0128 e. The standard InChI is InChI=1S/C16H33N/c1-6-7-8-9-12-15(2,3)14-11-10-13-16(4,5)17-14/h14,17H,6-13H2,1-5H3. The van der Waals surface area contributed by atoms with Gasteiger partial charge in [0, 0.05) is 11.6 Å². The van der Waals surface area contributed by atoms with Crippen LogP contribution in [0.15, 0.2) is 0 Å². The number of rotatable bonds is 6. The summed E-state index contributed by atoms with van der Waals surface area (Å²) < 4.78 is 0. The summed E-state index contributed by atoms with van der Waals surface area (Å²) in [6.45, 7) is 11.9. The first-order valence-corrected chi connectivity index (χ1v) is 7.65. The maximum Gasteiger partial charge on any atom is 0.0128 e. The highest BCUT2D eigenvalue weighted by Gasteiger charge is 2.35. The minimum Gasteiger partial charge on any atom is -0.309 e. The summed E-state index contributed by atoms with van der Waals surface area (Å²) in [5, 5.41) is 3.87. The average molecular weight is 239 g/mol. The van der Waals surface area contributed by atoms with Gasteiger partial charge in [0.15, 0.2) is 0 Å². The van der Waals surface area contributed by atoms with Crippen LogP contribution in [0.1, 0.15) is 86.0 Å². The van der Waals surface area contributed by atoms with E-state index in [-0.39, 0.29) is 0 Å². The predicted octanol–water partition coefficient (Wildman–Crippen LogP) is 4.90. The highest BCUT2D eigenvalue weighted by Crippen LogP contribution is 2.35. The number of nitrogens with one attached hydrogen (secondary N) is 1. The van der Waals surface area contributed by atoms with Crippen LogP contribution in [-0.2, 0) is 0 Å². The van der Waals surface area contributed by atoms with Crippen molar-refractivity contribution in [3.8, 4) is 0 Å². The van der Waals surface area contributed by atoms with Crippen molar-refractivity contribution < 1.29 is 0 Å². The second kappa shape index (κ2) is 6.22. The highest BCUT2D eigenvalue weighted by atomic mass is 15.0. The maximum absolute atomic E-state index is 3.87. The lowest BCUT2D eigenvalue weighted by Gasteiger charge is -2.45. The van der Waals surface area contributed by atoms with E-state index in [4.69, 9.17) is 0 Å².